The Morgan fingerprint density at radius 3 is 2.58 bits per heavy atom. The average molecular weight is 168 g/mol. The van der Waals surface area contributed by atoms with Gasteiger partial charge in [-0.3, -0.25) is 4.79 Å². The number of hydrogen-bond donors (Lipinski definition) is 1. The minimum Gasteiger partial charge on any atom is -0.382 e. The van der Waals surface area contributed by atoms with E-state index < -0.39 is 5.60 Å². The van der Waals surface area contributed by atoms with Crippen LogP contribution in [0.25, 0.3) is 0 Å². The molecule has 2 nitrogen and oxygen atoms in total. The number of aliphatic hydroxyl groups is 1. The van der Waals surface area contributed by atoms with Crippen molar-refractivity contribution < 1.29 is 9.90 Å². The maximum atomic E-state index is 11.5. The molecule has 68 valence electrons. The van der Waals surface area contributed by atoms with Gasteiger partial charge in [-0.15, -0.1) is 0 Å². The van der Waals surface area contributed by atoms with E-state index in [0.717, 1.165) is 0 Å². The van der Waals surface area contributed by atoms with Crippen molar-refractivity contribution in [1.29, 1.82) is 0 Å². The number of allylic oxidation sites excluding steroid dienone is 1. The Morgan fingerprint density at radius 2 is 2.00 bits per heavy atom. The van der Waals surface area contributed by atoms with Gasteiger partial charge in [0.2, 0.25) is 0 Å². The zero-order valence-corrected chi connectivity index (χ0v) is 7.92. The van der Waals surface area contributed by atoms with Gasteiger partial charge in [-0.2, -0.15) is 0 Å². The SMILES string of the molecule is CC1(C)C=CCC(C)(O)C(=O)C1. The highest BCUT2D eigenvalue weighted by molar-refractivity contribution is 5.87. The number of rotatable bonds is 0. The first-order chi connectivity index (χ1) is 5.33. The Kier molecular flexibility index (Phi) is 2.13. The van der Waals surface area contributed by atoms with Gasteiger partial charge in [0.15, 0.2) is 5.78 Å². The molecular formula is C10H16O2. The largest absolute Gasteiger partial charge is 0.382 e. The summed E-state index contributed by atoms with van der Waals surface area (Å²) in [5.74, 6) is -0.0579. The summed E-state index contributed by atoms with van der Waals surface area (Å²) in [6, 6.07) is 0. The van der Waals surface area contributed by atoms with E-state index in [-0.39, 0.29) is 11.2 Å². The molecule has 0 aromatic heterocycles. The van der Waals surface area contributed by atoms with Crippen molar-refractivity contribution in [3.8, 4) is 0 Å². The van der Waals surface area contributed by atoms with Crippen molar-refractivity contribution in [2.75, 3.05) is 0 Å². The average Bonchev–Trinajstić information content (AvgIpc) is 1.90. The Morgan fingerprint density at radius 1 is 1.42 bits per heavy atom. The molecule has 0 amide bonds. The molecule has 0 heterocycles. The highest BCUT2D eigenvalue weighted by Gasteiger charge is 2.34. The molecule has 1 N–H and O–H groups in total. The number of Topliss-reactive ketones (excluding diaryl/α,β-unsaturated/α-hetero) is 1. The van der Waals surface area contributed by atoms with Crippen LogP contribution in [0.3, 0.4) is 0 Å². The summed E-state index contributed by atoms with van der Waals surface area (Å²) in [6.45, 7) is 5.59. The number of carbonyl (C=O) groups excluding carboxylic acids is 1. The molecule has 0 aromatic carbocycles. The van der Waals surface area contributed by atoms with Gasteiger partial charge in [0.1, 0.15) is 5.60 Å². The summed E-state index contributed by atoms with van der Waals surface area (Å²) in [6.07, 6.45) is 4.77. The fourth-order valence-electron chi connectivity index (χ4n) is 1.38. The molecule has 0 radical (unpaired) electrons. The van der Waals surface area contributed by atoms with Gasteiger partial charge in [0.05, 0.1) is 0 Å². The van der Waals surface area contributed by atoms with Gasteiger partial charge in [-0.25, -0.2) is 0 Å². The zero-order chi connectivity index (χ0) is 9.41. The van der Waals surface area contributed by atoms with E-state index in [4.69, 9.17) is 0 Å². The van der Waals surface area contributed by atoms with E-state index >= 15 is 0 Å². The highest BCUT2D eigenvalue weighted by atomic mass is 16.3. The first-order valence-corrected chi connectivity index (χ1v) is 4.27. The molecular weight excluding hydrogens is 152 g/mol. The molecule has 1 aliphatic rings. The Bertz CT molecular complexity index is 224. The first kappa shape index (κ1) is 9.46. The minimum atomic E-state index is -1.15. The standard InChI is InChI=1S/C10H16O2/c1-9(2)5-4-6-10(3,12)8(11)7-9/h4-5,12H,6-7H2,1-3H3. The molecule has 0 saturated heterocycles. The third kappa shape index (κ3) is 1.95. The lowest BCUT2D eigenvalue weighted by Gasteiger charge is -2.22. The van der Waals surface area contributed by atoms with Crippen LogP contribution < -0.4 is 0 Å². The molecule has 0 aromatic rings. The van der Waals surface area contributed by atoms with Crippen molar-refractivity contribution in [2.24, 2.45) is 5.41 Å². The summed E-state index contributed by atoms with van der Waals surface area (Å²) < 4.78 is 0. The van der Waals surface area contributed by atoms with E-state index in [9.17, 15) is 9.90 Å². The fourth-order valence-corrected chi connectivity index (χ4v) is 1.38. The Balaban J connectivity index is 2.87. The summed E-state index contributed by atoms with van der Waals surface area (Å²) in [5, 5.41) is 9.65. The van der Waals surface area contributed by atoms with Gasteiger partial charge in [0.25, 0.3) is 0 Å². The van der Waals surface area contributed by atoms with E-state index in [1.54, 1.807) is 6.92 Å². The van der Waals surface area contributed by atoms with Crippen LogP contribution in [0.15, 0.2) is 12.2 Å². The summed E-state index contributed by atoms with van der Waals surface area (Å²) in [7, 11) is 0. The van der Waals surface area contributed by atoms with Gasteiger partial charge >= 0.3 is 0 Å². The normalized spacial score (nSPS) is 34.8. The van der Waals surface area contributed by atoms with Crippen LogP contribution in [0.4, 0.5) is 0 Å². The van der Waals surface area contributed by atoms with E-state index in [0.29, 0.717) is 12.8 Å². The van der Waals surface area contributed by atoms with Crippen LogP contribution in [-0.2, 0) is 4.79 Å². The van der Waals surface area contributed by atoms with E-state index in [2.05, 4.69) is 0 Å². The molecule has 2 heteroatoms. The van der Waals surface area contributed by atoms with Crippen molar-refractivity contribution >= 4 is 5.78 Å². The van der Waals surface area contributed by atoms with E-state index in [1.807, 2.05) is 26.0 Å². The van der Waals surface area contributed by atoms with Crippen LogP contribution in [-0.4, -0.2) is 16.5 Å². The monoisotopic (exact) mass is 168 g/mol. The zero-order valence-electron chi connectivity index (χ0n) is 7.92. The molecule has 0 aliphatic heterocycles. The predicted octanol–water partition coefficient (Wildman–Crippen LogP) is 1.68. The van der Waals surface area contributed by atoms with Gasteiger partial charge in [-0.1, -0.05) is 26.0 Å². The molecule has 0 fully saturated rings. The van der Waals surface area contributed by atoms with Crippen molar-refractivity contribution in [2.45, 2.75) is 39.2 Å². The molecule has 0 bridgehead atoms. The summed E-state index contributed by atoms with van der Waals surface area (Å²) in [5.41, 5.74) is -1.25. The van der Waals surface area contributed by atoms with Gasteiger partial charge in [0, 0.05) is 12.8 Å². The lowest BCUT2D eigenvalue weighted by atomic mass is 9.85. The fraction of sp³-hybridized carbons (Fsp3) is 0.700. The van der Waals surface area contributed by atoms with Crippen molar-refractivity contribution in [1.82, 2.24) is 0 Å². The molecule has 1 unspecified atom stereocenters. The topological polar surface area (TPSA) is 37.3 Å². The number of hydrogen-bond acceptors (Lipinski definition) is 2. The number of carbonyl (C=O) groups is 1. The first-order valence-electron chi connectivity index (χ1n) is 4.27. The second kappa shape index (κ2) is 2.70. The molecule has 1 atom stereocenters. The summed E-state index contributed by atoms with van der Waals surface area (Å²) in [4.78, 5) is 11.5. The maximum Gasteiger partial charge on any atom is 0.165 e. The quantitative estimate of drug-likeness (QED) is 0.559. The molecule has 1 aliphatic carbocycles. The van der Waals surface area contributed by atoms with E-state index in [1.165, 1.54) is 0 Å². The van der Waals surface area contributed by atoms with Crippen LogP contribution >= 0.6 is 0 Å². The Hall–Kier alpha value is -0.630. The smallest absolute Gasteiger partial charge is 0.165 e. The summed E-state index contributed by atoms with van der Waals surface area (Å²) >= 11 is 0. The van der Waals surface area contributed by atoms with Crippen LogP contribution in [0.2, 0.25) is 0 Å². The third-order valence-electron chi connectivity index (χ3n) is 2.30. The van der Waals surface area contributed by atoms with Crippen LogP contribution in [0.5, 0.6) is 0 Å². The molecule has 1 rings (SSSR count). The highest BCUT2D eigenvalue weighted by Crippen LogP contribution is 2.30. The molecule has 12 heavy (non-hydrogen) atoms. The van der Waals surface area contributed by atoms with Crippen molar-refractivity contribution in [3.05, 3.63) is 12.2 Å². The lowest BCUT2D eigenvalue weighted by molar-refractivity contribution is -0.136. The Labute approximate surface area is 73.3 Å². The van der Waals surface area contributed by atoms with Crippen LogP contribution in [0, 0.1) is 5.41 Å². The number of ketones is 1. The van der Waals surface area contributed by atoms with Gasteiger partial charge in [-0.05, 0) is 12.3 Å². The maximum absolute atomic E-state index is 11.5. The molecule has 0 saturated carbocycles. The predicted molar refractivity (Wildman–Crippen MR) is 47.8 cm³/mol. The van der Waals surface area contributed by atoms with Gasteiger partial charge < -0.3 is 5.11 Å². The second-order valence-corrected chi connectivity index (χ2v) is 4.47. The third-order valence-corrected chi connectivity index (χ3v) is 2.30. The minimum absolute atomic E-state index is 0.0579. The molecule has 0 spiro atoms. The van der Waals surface area contributed by atoms with Crippen molar-refractivity contribution in [3.63, 3.8) is 0 Å². The lowest BCUT2D eigenvalue weighted by Crippen LogP contribution is -2.35. The second-order valence-electron chi connectivity index (χ2n) is 4.47. The van der Waals surface area contributed by atoms with Crippen LogP contribution in [0.1, 0.15) is 33.6 Å².